The number of rotatable bonds is 5. The second-order valence-electron chi connectivity index (χ2n) is 9.83. The Morgan fingerprint density at radius 3 is 2.56 bits per heavy atom. The van der Waals surface area contributed by atoms with Crippen molar-refractivity contribution in [3.8, 4) is 17.6 Å². The number of nitrogens with two attached hydrogens (primary N) is 1. The zero-order chi connectivity index (χ0) is 31.5. The summed E-state index contributed by atoms with van der Waals surface area (Å²) >= 11 is 0. The summed E-state index contributed by atoms with van der Waals surface area (Å²) in [6.45, 7) is 3.55. The molecule has 12 nitrogen and oxygen atoms in total. The first kappa shape index (κ1) is 31.1. The summed E-state index contributed by atoms with van der Waals surface area (Å²) in [6.07, 6.45) is 0.209. The van der Waals surface area contributed by atoms with Crippen LogP contribution >= 0.6 is 0 Å². The number of carboxylic acid groups (broad SMARTS) is 1. The minimum Gasteiger partial charge on any atom is -0.496 e. The van der Waals surface area contributed by atoms with E-state index < -0.39 is 23.4 Å². The number of aromatic nitrogens is 5. The van der Waals surface area contributed by atoms with E-state index in [9.17, 15) is 22.8 Å². The van der Waals surface area contributed by atoms with Crippen LogP contribution in [0.5, 0.6) is 5.75 Å². The maximum Gasteiger partial charge on any atom is 0.490 e. The van der Waals surface area contributed by atoms with Gasteiger partial charge in [0.25, 0.3) is 5.56 Å². The fourth-order valence-corrected chi connectivity index (χ4v) is 4.95. The maximum atomic E-state index is 13.9. The van der Waals surface area contributed by atoms with Crippen molar-refractivity contribution in [3.63, 3.8) is 0 Å². The molecule has 228 valence electrons. The van der Waals surface area contributed by atoms with Crippen molar-refractivity contribution in [1.29, 1.82) is 0 Å². The molecule has 0 radical (unpaired) electrons. The van der Waals surface area contributed by atoms with Crippen LogP contribution in [-0.4, -0.2) is 67.2 Å². The van der Waals surface area contributed by atoms with Gasteiger partial charge in [0.15, 0.2) is 11.2 Å². The average Bonchev–Trinajstić information content (AvgIpc) is 3.36. The number of benzene rings is 1. The number of hydrogen-bond donors (Lipinski definition) is 2. The highest BCUT2D eigenvalue weighted by Crippen LogP contribution is 2.28. The third kappa shape index (κ3) is 6.33. The van der Waals surface area contributed by atoms with Crippen LogP contribution in [0.1, 0.15) is 25.3 Å². The number of methoxy groups -OCH3 is 1. The Labute approximate surface area is 243 Å². The van der Waals surface area contributed by atoms with Crippen LogP contribution in [0.25, 0.3) is 21.9 Å². The molecule has 1 aliphatic rings. The van der Waals surface area contributed by atoms with Crippen LogP contribution in [0.3, 0.4) is 0 Å². The van der Waals surface area contributed by atoms with Crippen LogP contribution in [0, 0.1) is 11.8 Å². The van der Waals surface area contributed by atoms with Gasteiger partial charge in [-0.25, -0.2) is 9.59 Å². The van der Waals surface area contributed by atoms with E-state index in [0.717, 1.165) is 35.7 Å². The number of anilines is 1. The number of pyridine rings is 1. The van der Waals surface area contributed by atoms with Crippen molar-refractivity contribution in [2.24, 2.45) is 12.8 Å². The lowest BCUT2D eigenvalue weighted by molar-refractivity contribution is -0.192. The molecule has 43 heavy (non-hydrogen) atoms. The van der Waals surface area contributed by atoms with Gasteiger partial charge in [0.1, 0.15) is 5.75 Å². The molecule has 0 amide bonds. The summed E-state index contributed by atoms with van der Waals surface area (Å²) in [5.74, 6) is 4.52. The first-order valence-electron chi connectivity index (χ1n) is 13.2. The zero-order valence-electron chi connectivity index (χ0n) is 23.7. The number of carbonyl (C=O) groups is 1. The lowest BCUT2D eigenvalue weighted by atomic mass is 10.1. The molecule has 4 aromatic rings. The predicted octanol–water partition coefficient (Wildman–Crippen LogP) is 2.09. The second-order valence-corrected chi connectivity index (χ2v) is 9.83. The SMILES string of the molecule is CC#CCn1c(N2CCCC(N)C2)nc2c1c(=O)n(Cc1ccc(OC)c3ccncc13)c(=O)n2C.O=C(O)C(F)(F)F. The van der Waals surface area contributed by atoms with Crippen LogP contribution < -0.4 is 26.6 Å². The predicted molar refractivity (Wildman–Crippen MR) is 153 cm³/mol. The van der Waals surface area contributed by atoms with E-state index >= 15 is 0 Å². The largest absolute Gasteiger partial charge is 0.496 e. The van der Waals surface area contributed by atoms with Gasteiger partial charge in [-0.05, 0) is 37.5 Å². The van der Waals surface area contributed by atoms with E-state index in [1.807, 2.05) is 22.8 Å². The van der Waals surface area contributed by atoms with Crippen molar-refractivity contribution in [2.45, 2.75) is 45.1 Å². The van der Waals surface area contributed by atoms with E-state index in [1.54, 1.807) is 33.5 Å². The summed E-state index contributed by atoms with van der Waals surface area (Å²) in [6, 6.07) is 5.58. The molecule has 0 saturated carbocycles. The van der Waals surface area contributed by atoms with E-state index in [-0.39, 0.29) is 19.1 Å². The van der Waals surface area contributed by atoms with Crippen LogP contribution in [0.2, 0.25) is 0 Å². The number of fused-ring (bicyclic) bond motifs is 2. The molecule has 5 rings (SSSR count). The third-order valence-corrected chi connectivity index (χ3v) is 7.03. The summed E-state index contributed by atoms with van der Waals surface area (Å²) in [4.78, 5) is 47.2. The summed E-state index contributed by atoms with van der Waals surface area (Å²) in [5, 5.41) is 8.81. The maximum absolute atomic E-state index is 13.9. The molecule has 1 fully saturated rings. The topological polar surface area (TPSA) is 150 Å². The Balaban J connectivity index is 0.000000541. The van der Waals surface area contributed by atoms with Crippen LogP contribution in [-0.2, 0) is 24.9 Å². The average molecular weight is 602 g/mol. The fraction of sp³-hybridized carbons (Fsp3) is 0.393. The van der Waals surface area contributed by atoms with Gasteiger partial charge in [-0.1, -0.05) is 12.0 Å². The number of halogens is 3. The Morgan fingerprint density at radius 2 is 1.93 bits per heavy atom. The van der Waals surface area contributed by atoms with Gasteiger partial charge in [0.2, 0.25) is 5.95 Å². The minimum absolute atomic E-state index is 0.0294. The number of alkyl halides is 3. The highest BCUT2D eigenvalue weighted by molar-refractivity contribution is 5.90. The molecule has 1 saturated heterocycles. The number of hydrogen-bond acceptors (Lipinski definition) is 8. The standard InChI is InChI=1S/C26H29N7O3.C2HF3O2/c1-4-5-13-32-22-23(29-25(32)31-12-6-7-18(27)16-31)30(2)26(35)33(24(22)34)15-17-8-9-21(36-3)19-10-11-28-14-20(17)19;3-2(4,5)1(6)7/h8-11,14,18H,6-7,12-13,15-16,27H2,1-3H3;(H,6,7). The number of aliphatic carboxylic acids is 1. The number of ether oxygens (including phenoxy) is 1. The van der Waals surface area contributed by atoms with Gasteiger partial charge >= 0.3 is 17.8 Å². The molecular weight excluding hydrogens is 571 g/mol. The van der Waals surface area contributed by atoms with Gasteiger partial charge in [-0.2, -0.15) is 18.2 Å². The molecule has 1 aliphatic heterocycles. The van der Waals surface area contributed by atoms with Crippen molar-refractivity contribution < 1.29 is 27.8 Å². The second kappa shape index (κ2) is 12.6. The number of imidazole rings is 1. The number of nitrogens with zero attached hydrogens (tertiary/aromatic N) is 6. The van der Waals surface area contributed by atoms with E-state index in [2.05, 4.69) is 21.7 Å². The fourth-order valence-electron chi connectivity index (χ4n) is 4.95. The molecule has 0 aliphatic carbocycles. The molecule has 1 aromatic carbocycles. The molecule has 4 heterocycles. The molecule has 15 heteroatoms. The van der Waals surface area contributed by atoms with Gasteiger partial charge in [-0.15, -0.1) is 5.92 Å². The molecule has 1 unspecified atom stereocenters. The Bertz CT molecular complexity index is 1850. The Kier molecular flexibility index (Phi) is 9.10. The number of piperidine rings is 1. The summed E-state index contributed by atoms with van der Waals surface area (Å²) in [7, 11) is 3.25. The van der Waals surface area contributed by atoms with E-state index in [0.29, 0.717) is 29.4 Å². The third-order valence-electron chi connectivity index (χ3n) is 7.03. The quantitative estimate of drug-likeness (QED) is 0.328. The zero-order valence-corrected chi connectivity index (χ0v) is 23.7. The molecular formula is C28H30F3N7O5. The van der Waals surface area contributed by atoms with Gasteiger partial charge in [0.05, 0.1) is 20.2 Å². The first-order chi connectivity index (χ1) is 20.4. The molecule has 3 aromatic heterocycles. The number of carboxylic acids is 1. The summed E-state index contributed by atoms with van der Waals surface area (Å²) < 4.78 is 41.7. The minimum atomic E-state index is -5.08. The van der Waals surface area contributed by atoms with Crippen molar-refractivity contribution >= 4 is 33.9 Å². The van der Waals surface area contributed by atoms with Gasteiger partial charge < -0.3 is 20.5 Å². The first-order valence-corrected chi connectivity index (χ1v) is 13.2. The molecule has 1 atom stereocenters. The van der Waals surface area contributed by atoms with Gasteiger partial charge in [-0.3, -0.25) is 23.5 Å². The lowest BCUT2D eigenvalue weighted by Crippen LogP contribution is -2.44. The Hall–Kier alpha value is -4.84. The lowest BCUT2D eigenvalue weighted by Gasteiger charge is -2.31. The highest BCUT2D eigenvalue weighted by atomic mass is 19.4. The number of aryl methyl sites for hydroxylation is 1. The van der Waals surface area contributed by atoms with Gasteiger partial charge in [0, 0.05) is 49.3 Å². The van der Waals surface area contributed by atoms with E-state index in [4.69, 9.17) is 25.4 Å². The monoisotopic (exact) mass is 601 g/mol. The normalized spacial score (nSPS) is 15.0. The molecule has 0 spiro atoms. The van der Waals surface area contributed by atoms with E-state index in [1.165, 1.54) is 9.13 Å². The van der Waals surface area contributed by atoms with Crippen molar-refractivity contribution in [2.75, 3.05) is 25.1 Å². The summed E-state index contributed by atoms with van der Waals surface area (Å²) in [5.41, 5.74) is 6.87. The van der Waals surface area contributed by atoms with Crippen LogP contribution in [0.15, 0.2) is 40.2 Å². The van der Waals surface area contributed by atoms with Crippen molar-refractivity contribution in [1.82, 2.24) is 23.7 Å². The molecule has 0 bridgehead atoms. The van der Waals surface area contributed by atoms with Crippen molar-refractivity contribution in [3.05, 3.63) is 57.0 Å². The Morgan fingerprint density at radius 1 is 1.21 bits per heavy atom. The highest BCUT2D eigenvalue weighted by Gasteiger charge is 2.38. The smallest absolute Gasteiger partial charge is 0.490 e. The van der Waals surface area contributed by atoms with Crippen LogP contribution in [0.4, 0.5) is 19.1 Å². The molecule has 3 N–H and O–H groups in total.